The summed E-state index contributed by atoms with van der Waals surface area (Å²) in [6.45, 7) is 2.60. The van der Waals surface area contributed by atoms with Crippen LogP contribution >= 0.6 is 0 Å². The lowest BCUT2D eigenvalue weighted by atomic mass is 10.3. The Morgan fingerprint density at radius 2 is 2.19 bits per heavy atom. The Bertz CT molecular complexity index is 468. The van der Waals surface area contributed by atoms with Gasteiger partial charge in [-0.1, -0.05) is 6.07 Å². The minimum Gasteiger partial charge on any atom is -0.396 e. The SMILES string of the molecule is Cc1cc(NCc2ccccn2)c(N)cn1. The third kappa shape index (κ3) is 2.48. The maximum atomic E-state index is 5.81. The monoisotopic (exact) mass is 214 g/mol. The summed E-state index contributed by atoms with van der Waals surface area (Å²) in [6, 6.07) is 7.76. The average molecular weight is 214 g/mol. The smallest absolute Gasteiger partial charge is 0.0736 e. The molecule has 0 unspecified atom stereocenters. The van der Waals surface area contributed by atoms with Crippen LogP contribution in [0.1, 0.15) is 11.4 Å². The zero-order chi connectivity index (χ0) is 11.4. The van der Waals surface area contributed by atoms with E-state index in [0.29, 0.717) is 12.2 Å². The van der Waals surface area contributed by atoms with Crippen LogP contribution in [0, 0.1) is 6.92 Å². The lowest BCUT2D eigenvalue weighted by molar-refractivity contribution is 1.04. The maximum Gasteiger partial charge on any atom is 0.0736 e. The molecular formula is C12H14N4. The van der Waals surface area contributed by atoms with E-state index in [2.05, 4.69) is 15.3 Å². The normalized spacial score (nSPS) is 10.1. The molecule has 0 aliphatic carbocycles. The second-order valence-electron chi connectivity index (χ2n) is 3.59. The molecule has 16 heavy (non-hydrogen) atoms. The fourth-order valence-electron chi connectivity index (χ4n) is 1.41. The summed E-state index contributed by atoms with van der Waals surface area (Å²) >= 11 is 0. The van der Waals surface area contributed by atoms with Crippen LogP contribution in [-0.4, -0.2) is 9.97 Å². The molecule has 0 amide bonds. The van der Waals surface area contributed by atoms with Gasteiger partial charge in [0.25, 0.3) is 0 Å². The van der Waals surface area contributed by atoms with Gasteiger partial charge in [-0.2, -0.15) is 0 Å². The first kappa shape index (κ1) is 10.4. The van der Waals surface area contributed by atoms with Gasteiger partial charge < -0.3 is 11.1 Å². The van der Waals surface area contributed by atoms with Gasteiger partial charge in [0.1, 0.15) is 0 Å². The van der Waals surface area contributed by atoms with Crippen molar-refractivity contribution in [3.05, 3.63) is 48.0 Å². The Labute approximate surface area is 94.5 Å². The minimum absolute atomic E-state index is 0.654. The summed E-state index contributed by atoms with van der Waals surface area (Å²) in [7, 11) is 0. The van der Waals surface area contributed by atoms with Crippen molar-refractivity contribution in [1.29, 1.82) is 0 Å². The van der Waals surface area contributed by atoms with Gasteiger partial charge in [0.15, 0.2) is 0 Å². The third-order valence-corrected chi connectivity index (χ3v) is 2.26. The van der Waals surface area contributed by atoms with Gasteiger partial charge >= 0.3 is 0 Å². The molecule has 0 aromatic carbocycles. The van der Waals surface area contributed by atoms with Crippen LogP contribution in [0.5, 0.6) is 0 Å². The molecular weight excluding hydrogens is 200 g/mol. The molecule has 0 fully saturated rings. The molecule has 4 heteroatoms. The number of aromatic nitrogens is 2. The van der Waals surface area contributed by atoms with Crippen molar-refractivity contribution < 1.29 is 0 Å². The summed E-state index contributed by atoms with van der Waals surface area (Å²) in [4.78, 5) is 8.34. The van der Waals surface area contributed by atoms with Crippen LogP contribution in [0.25, 0.3) is 0 Å². The predicted molar refractivity (Wildman–Crippen MR) is 65.0 cm³/mol. The van der Waals surface area contributed by atoms with Gasteiger partial charge in [0.2, 0.25) is 0 Å². The minimum atomic E-state index is 0.654. The molecule has 0 aliphatic heterocycles. The van der Waals surface area contributed by atoms with E-state index in [9.17, 15) is 0 Å². The Hall–Kier alpha value is -2.10. The molecule has 4 nitrogen and oxygen atoms in total. The lowest BCUT2D eigenvalue weighted by Crippen LogP contribution is -2.04. The standard InChI is InChI=1S/C12H14N4/c1-9-6-12(11(13)8-15-9)16-7-10-4-2-3-5-14-10/h2-6,8H,7,13H2,1H3,(H,15,16). The van der Waals surface area contributed by atoms with Crippen molar-refractivity contribution in [3.8, 4) is 0 Å². The predicted octanol–water partition coefficient (Wildman–Crippen LogP) is 1.98. The van der Waals surface area contributed by atoms with Gasteiger partial charge in [-0.3, -0.25) is 9.97 Å². The van der Waals surface area contributed by atoms with Crippen molar-refractivity contribution in [1.82, 2.24) is 9.97 Å². The van der Waals surface area contributed by atoms with E-state index in [1.807, 2.05) is 31.2 Å². The number of hydrogen-bond acceptors (Lipinski definition) is 4. The zero-order valence-corrected chi connectivity index (χ0v) is 9.14. The largest absolute Gasteiger partial charge is 0.396 e. The number of pyridine rings is 2. The first-order valence-corrected chi connectivity index (χ1v) is 5.11. The highest BCUT2D eigenvalue weighted by Gasteiger charge is 2.00. The van der Waals surface area contributed by atoms with E-state index < -0.39 is 0 Å². The maximum absolute atomic E-state index is 5.81. The summed E-state index contributed by atoms with van der Waals surface area (Å²) < 4.78 is 0. The number of nitrogens with one attached hydrogen (secondary N) is 1. The van der Waals surface area contributed by atoms with Crippen molar-refractivity contribution in [3.63, 3.8) is 0 Å². The Morgan fingerprint density at radius 1 is 1.31 bits per heavy atom. The van der Waals surface area contributed by atoms with E-state index in [1.54, 1.807) is 12.4 Å². The van der Waals surface area contributed by atoms with E-state index in [0.717, 1.165) is 17.1 Å². The number of hydrogen-bond donors (Lipinski definition) is 2. The fraction of sp³-hybridized carbons (Fsp3) is 0.167. The lowest BCUT2D eigenvalue weighted by Gasteiger charge is -2.09. The first-order chi connectivity index (χ1) is 7.75. The third-order valence-electron chi connectivity index (χ3n) is 2.26. The molecule has 0 aliphatic rings. The van der Waals surface area contributed by atoms with Crippen molar-refractivity contribution >= 4 is 11.4 Å². The van der Waals surface area contributed by atoms with Crippen molar-refractivity contribution in [2.75, 3.05) is 11.1 Å². The van der Waals surface area contributed by atoms with Gasteiger partial charge in [-0.05, 0) is 25.1 Å². The van der Waals surface area contributed by atoms with E-state index in [1.165, 1.54) is 0 Å². The van der Waals surface area contributed by atoms with Crippen molar-refractivity contribution in [2.24, 2.45) is 0 Å². The number of aryl methyl sites for hydroxylation is 1. The molecule has 2 rings (SSSR count). The number of anilines is 2. The molecule has 0 radical (unpaired) electrons. The molecule has 2 aromatic rings. The van der Waals surface area contributed by atoms with E-state index in [-0.39, 0.29) is 0 Å². The highest BCUT2D eigenvalue weighted by molar-refractivity contribution is 5.65. The Kier molecular flexibility index (Phi) is 3.00. The fourth-order valence-corrected chi connectivity index (χ4v) is 1.41. The van der Waals surface area contributed by atoms with Crippen LogP contribution < -0.4 is 11.1 Å². The summed E-state index contributed by atoms with van der Waals surface area (Å²) in [5.74, 6) is 0. The quantitative estimate of drug-likeness (QED) is 0.820. The average Bonchev–Trinajstić information content (AvgIpc) is 2.32. The zero-order valence-electron chi connectivity index (χ0n) is 9.14. The highest BCUT2D eigenvalue weighted by Crippen LogP contribution is 2.17. The van der Waals surface area contributed by atoms with Crippen LogP contribution in [0.15, 0.2) is 36.7 Å². The van der Waals surface area contributed by atoms with Crippen LogP contribution in [0.4, 0.5) is 11.4 Å². The molecule has 82 valence electrons. The number of nitrogen functional groups attached to an aromatic ring is 1. The second-order valence-corrected chi connectivity index (χ2v) is 3.59. The molecule has 0 spiro atoms. The van der Waals surface area contributed by atoms with Gasteiger partial charge in [0.05, 0.1) is 29.8 Å². The second kappa shape index (κ2) is 4.61. The molecule has 2 heterocycles. The topological polar surface area (TPSA) is 63.8 Å². The summed E-state index contributed by atoms with van der Waals surface area (Å²) in [6.07, 6.45) is 3.44. The van der Waals surface area contributed by atoms with Crippen LogP contribution in [-0.2, 0) is 6.54 Å². The molecule has 2 aromatic heterocycles. The van der Waals surface area contributed by atoms with E-state index >= 15 is 0 Å². The Balaban J connectivity index is 2.08. The van der Waals surface area contributed by atoms with Crippen LogP contribution in [0.3, 0.4) is 0 Å². The highest BCUT2D eigenvalue weighted by atomic mass is 14.9. The first-order valence-electron chi connectivity index (χ1n) is 5.11. The molecule has 3 N–H and O–H groups in total. The molecule has 0 bridgehead atoms. The Morgan fingerprint density at radius 3 is 2.94 bits per heavy atom. The molecule has 0 saturated carbocycles. The number of nitrogens with two attached hydrogens (primary N) is 1. The summed E-state index contributed by atoms with van der Waals surface area (Å²) in [5, 5.41) is 3.24. The van der Waals surface area contributed by atoms with Crippen LogP contribution in [0.2, 0.25) is 0 Å². The van der Waals surface area contributed by atoms with Crippen molar-refractivity contribution in [2.45, 2.75) is 13.5 Å². The van der Waals surface area contributed by atoms with E-state index in [4.69, 9.17) is 5.73 Å². The van der Waals surface area contributed by atoms with Gasteiger partial charge in [-0.15, -0.1) is 0 Å². The molecule has 0 atom stereocenters. The summed E-state index contributed by atoms with van der Waals surface area (Å²) in [5.41, 5.74) is 9.29. The number of nitrogens with zero attached hydrogens (tertiary/aromatic N) is 2. The van der Waals surface area contributed by atoms with Gasteiger partial charge in [-0.25, -0.2) is 0 Å². The number of rotatable bonds is 3. The van der Waals surface area contributed by atoms with Gasteiger partial charge in [0, 0.05) is 11.9 Å². The molecule has 0 saturated heterocycles.